The number of hydrogen-bond acceptors (Lipinski definition) is 1. The molecule has 94 valence electrons. The summed E-state index contributed by atoms with van der Waals surface area (Å²) in [6.07, 6.45) is 0. The van der Waals surface area contributed by atoms with E-state index in [1.165, 1.54) is 11.6 Å². The molecule has 0 heterocycles. The van der Waals surface area contributed by atoms with E-state index < -0.39 is 16.6 Å². The molecule has 0 spiro atoms. The van der Waals surface area contributed by atoms with Gasteiger partial charge < -0.3 is 0 Å². The first kappa shape index (κ1) is 13.0. The minimum absolute atomic E-state index is 0.274. The largest absolute Gasteiger partial charge is 0.254 e. The predicted molar refractivity (Wildman–Crippen MR) is 72.4 cm³/mol. The van der Waals surface area contributed by atoms with Gasteiger partial charge in [-0.25, -0.2) is 4.39 Å². The Hall–Kier alpha value is -1.48. The second-order valence-corrected chi connectivity index (χ2v) is 5.76. The monoisotopic (exact) mass is 262 g/mol. The summed E-state index contributed by atoms with van der Waals surface area (Å²) in [4.78, 5) is 0.274. The van der Waals surface area contributed by atoms with Crippen molar-refractivity contribution in [3.05, 3.63) is 65.0 Å². The Morgan fingerprint density at radius 2 is 1.78 bits per heavy atom. The highest BCUT2D eigenvalue weighted by Gasteiger charge is 2.10. The molecule has 0 saturated heterocycles. The Labute approximate surface area is 109 Å². The van der Waals surface area contributed by atoms with E-state index in [0.717, 1.165) is 11.1 Å². The van der Waals surface area contributed by atoms with Crippen LogP contribution in [0.3, 0.4) is 0 Å². The van der Waals surface area contributed by atoms with E-state index >= 15 is 0 Å². The average molecular weight is 262 g/mol. The topological polar surface area (TPSA) is 17.1 Å². The van der Waals surface area contributed by atoms with Crippen LogP contribution in [0.2, 0.25) is 0 Å². The van der Waals surface area contributed by atoms with Gasteiger partial charge in [-0.1, -0.05) is 30.3 Å². The number of hydrogen-bond donors (Lipinski definition) is 0. The molecule has 2 aromatic carbocycles. The molecule has 2 aromatic rings. The second kappa shape index (κ2) is 5.44. The Balaban J connectivity index is 2.22. The lowest BCUT2D eigenvalue weighted by Gasteiger charge is -2.06. The van der Waals surface area contributed by atoms with E-state index in [1.807, 2.05) is 32.0 Å². The number of rotatable bonds is 3. The standard InChI is InChI=1S/C15H15FOS/c1-11-7-8-13(9-12(11)2)10-18(17)15-6-4-3-5-14(15)16/h3-9H,10H2,1-2H3. The Morgan fingerprint density at radius 1 is 1.06 bits per heavy atom. The normalized spacial score (nSPS) is 12.4. The molecule has 0 N–H and O–H groups in total. The van der Waals surface area contributed by atoms with Crippen molar-refractivity contribution in [2.45, 2.75) is 24.5 Å². The second-order valence-electron chi connectivity index (χ2n) is 4.34. The van der Waals surface area contributed by atoms with Crippen LogP contribution in [-0.4, -0.2) is 4.21 Å². The lowest BCUT2D eigenvalue weighted by atomic mass is 10.1. The maximum absolute atomic E-state index is 13.5. The zero-order valence-electron chi connectivity index (χ0n) is 10.4. The Bertz CT molecular complexity index is 593. The highest BCUT2D eigenvalue weighted by Crippen LogP contribution is 2.17. The van der Waals surface area contributed by atoms with Crippen LogP contribution >= 0.6 is 0 Å². The molecule has 0 aliphatic rings. The third kappa shape index (κ3) is 2.85. The van der Waals surface area contributed by atoms with Gasteiger partial charge in [0.2, 0.25) is 0 Å². The molecule has 0 aliphatic heterocycles. The molecule has 0 radical (unpaired) electrons. The van der Waals surface area contributed by atoms with Crippen molar-refractivity contribution in [2.75, 3.05) is 0 Å². The fourth-order valence-corrected chi connectivity index (χ4v) is 2.91. The third-order valence-corrected chi connectivity index (χ3v) is 4.37. The molecule has 0 aromatic heterocycles. The van der Waals surface area contributed by atoms with Gasteiger partial charge in [0.05, 0.1) is 21.4 Å². The lowest BCUT2D eigenvalue weighted by Crippen LogP contribution is -1.99. The van der Waals surface area contributed by atoms with Crippen LogP contribution in [0.4, 0.5) is 4.39 Å². The predicted octanol–water partition coefficient (Wildman–Crippen LogP) is 3.75. The highest BCUT2D eigenvalue weighted by atomic mass is 32.2. The molecular weight excluding hydrogens is 247 g/mol. The van der Waals surface area contributed by atoms with Gasteiger partial charge in [-0.05, 0) is 42.7 Å². The van der Waals surface area contributed by atoms with Gasteiger partial charge in [0.1, 0.15) is 5.82 Å². The first-order chi connectivity index (χ1) is 8.58. The van der Waals surface area contributed by atoms with E-state index in [0.29, 0.717) is 5.75 Å². The average Bonchev–Trinajstić information content (AvgIpc) is 2.34. The van der Waals surface area contributed by atoms with E-state index in [-0.39, 0.29) is 4.90 Å². The zero-order chi connectivity index (χ0) is 13.1. The van der Waals surface area contributed by atoms with Crippen molar-refractivity contribution in [1.29, 1.82) is 0 Å². The van der Waals surface area contributed by atoms with Crippen LogP contribution in [0.1, 0.15) is 16.7 Å². The summed E-state index contributed by atoms with van der Waals surface area (Å²) >= 11 is 0. The summed E-state index contributed by atoms with van der Waals surface area (Å²) in [5.41, 5.74) is 3.34. The van der Waals surface area contributed by atoms with Crippen LogP contribution in [-0.2, 0) is 16.6 Å². The van der Waals surface area contributed by atoms with Gasteiger partial charge in [0, 0.05) is 0 Å². The van der Waals surface area contributed by atoms with E-state index in [4.69, 9.17) is 0 Å². The molecular formula is C15H15FOS. The summed E-state index contributed by atoms with van der Waals surface area (Å²) in [5.74, 6) is -0.0538. The summed E-state index contributed by atoms with van der Waals surface area (Å²) in [5, 5.41) is 0. The quantitative estimate of drug-likeness (QED) is 0.823. The third-order valence-electron chi connectivity index (χ3n) is 2.95. The van der Waals surface area contributed by atoms with Crippen molar-refractivity contribution in [3.63, 3.8) is 0 Å². The fourth-order valence-electron chi connectivity index (χ4n) is 1.75. The Kier molecular flexibility index (Phi) is 3.92. The van der Waals surface area contributed by atoms with Crippen LogP contribution in [0.5, 0.6) is 0 Å². The Morgan fingerprint density at radius 3 is 2.44 bits per heavy atom. The van der Waals surface area contributed by atoms with Gasteiger partial charge in [0.25, 0.3) is 0 Å². The SMILES string of the molecule is Cc1ccc(CS(=O)c2ccccc2F)cc1C. The first-order valence-electron chi connectivity index (χ1n) is 5.77. The molecule has 1 atom stereocenters. The molecule has 1 nitrogen and oxygen atoms in total. The maximum Gasteiger partial charge on any atom is 0.139 e. The first-order valence-corrected chi connectivity index (χ1v) is 7.09. The summed E-state index contributed by atoms with van der Waals surface area (Å²) in [6.45, 7) is 4.05. The minimum atomic E-state index is -1.34. The van der Waals surface area contributed by atoms with Gasteiger partial charge in [-0.2, -0.15) is 0 Å². The minimum Gasteiger partial charge on any atom is -0.254 e. The van der Waals surface area contributed by atoms with Gasteiger partial charge in [0.15, 0.2) is 0 Å². The van der Waals surface area contributed by atoms with Crippen molar-refractivity contribution in [3.8, 4) is 0 Å². The van der Waals surface area contributed by atoms with Gasteiger partial charge in [-0.3, -0.25) is 4.21 Å². The maximum atomic E-state index is 13.5. The number of benzene rings is 2. The summed E-state index contributed by atoms with van der Waals surface area (Å²) in [7, 11) is -1.34. The van der Waals surface area contributed by atoms with Crippen molar-refractivity contribution in [2.24, 2.45) is 0 Å². The molecule has 18 heavy (non-hydrogen) atoms. The van der Waals surface area contributed by atoms with Crippen molar-refractivity contribution in [1.82, 2.24) is 0 Å². The number of halogens is 1. The fraction of sp³-hybridized carbons (Fsp3) is 0.200. The molecule has 0 fully saturated rings. The van der Waals surface area contributed by atoms with Gasteiger partial charge >= 0.3 is 0 Å². The van der Waals surface area contributed by atoms with Crippen LogP contribution in [0.15, 0.2) is 47.4 Å². The molecule has 2 rings (SSSR count). The summed E-state index contributed by atoms with van der Waals surface area (Å²) in [6, 6.07) is 12.2. The van der Waals surface area contributed by atoms with E-state index in [2.05, 4.69) is 0 Å². The molecule has 1 unspecified atom stereocenters. The van der Waals surface area contributed by atoms with E-state index in [1.54, 1.807) is 18.2 Å². The molecule has 0 aliphatic carbocycles. The lowest BCUT2D eigenvalue weighted by molar-refractivity contribution is 0.595. The van der Waals surface area contributed by atoms with Crippen LogP contribution < -0.4 is 0 Å². The zero-order valence-corrected chi connectivity index (χ0v) is 11.3. The van der Waals surface area contributed by atoms with Gasteiger partial charge in [-0.15, -0.1) is 0 Å². The van der Waals surface area contributed by atoms with Crippen molar-refractivity contribution >= 4 is 10.8 Å². The highest BCUT2D eigenvalue weighted by molar-refractivity contribution is 7.84. The molecule has 0 bridgehead atoms. The van der Waals surface area contributed by atoms with Crippen molar-refractivity contribution < 1.29 is 8.60 Å². The van der Waals surface area contributed by atoms with E-state index in [9.17, 15) is 8.60 Å². The smallest absolute Gasteiger partial charge is 0.139 e. The molecule has 0 amide bonds. The van der Waals surface area contributed by atoms with Crippen LogP contribution in [0, 0.1) is 19.7 Å². The number of aryl methyl sites for hydroxylation is 2. The molecule has 0 saturated carbocycles. The van der Waals surface area contributed by atoms with Crippen LogP contribution in [0.25, 0.3) is 0 Å². The molecule has 3 heteroatoms. The summed E-state index contributed by atoms with van der Waals surface area (Å²) < 4.78 is 25.6.